The molecule has 0 amide bonds. The van der Waals surface area contributed by atoms with Crippen LogP contribution in [0.2, 0.25) is 0 Å². The molecule has 1 aliphatic heterocycles. The Hall–Kier alpha value is -1.15. The van der Waals surface area contributed by atoms with Crippen molar-refractivity contribution in [3.63, 3.8) is 0 Å². The van der Waals surface area contributed by atoms with Crippen LogP contribution in [0.4, 0.5) is 13.2 Å². The van der Waals surface area contributed by atoms with Gasteiger partial charge in [0.2, 0.25) is 0 Å². The number of carbonyl (C=O) groups is 1. The molecule has 1 saturated heterocycles. The highest BCUT2D eigenvalue weighted by atomic mass is 32.1. The Morgan fingerprint density at radius 3 is 3.00 bits per heavy atom. The molecule has 0 N–H and O–H groups in total. The number of carbonyl (C=O) groups excluding carboxylic acids is 1. The normalized spacial score (nSPS) is 20.5. The van der Waals surface area contributed by atoms with E-state index in [0.29, 0.717) is 24.5 Å². The molecule has 0 bridgehead atoms. The number of aromatic nitrogens is 1. The molecule has 2 rings (SSSR count). The van der Waals surface area contributed by atoms with Crippen LogP contribution in [-0.4, -0.2) is 41.7 Å². The molecule has 1 aromatic rings. The van der Waals surface area contributed by atoms with Crippen LogP contribution in [0, 0.1) is 5.92 Å². The topological polar surface area (TPSA) is 42.4 Å². The van der Waals surface area contributed by atoms with E-state index in [4.69, 9.17) is 4.74 Å². The summed E-state index contributed by atoms with van der Waals surface area (Å²) in [5.74, 6) is -1.76. The quantitative estimate of drug-likeness (QED) is 0.799. The van der Waals surface area contributed by atoms with Gasteiger partial charge in [-0.15, -0.1) is 11.3 Å². The van der Waals surface area contributed by atoms with E-state index in [9.17, 15) is 18.0 Å². The van der Waals surface area contributed by atoms with Crippen molar-refractivity contribution in [2.24, 2.45) is 5.92 Å². The van der Waals surface area contributed by atoms with Gasteiger partial charge in [0.05, 0.1) is 19.1 Å². The number of hydrogen-bond donors (Lipinski definition) is 0. The van der Waals surface area contributed by atoms with Crippen LogP contribution >= 0.6 is 11.3 Å². The number of thiazole rings is 1. The maximum atomic E-state index is 12.7. The summed E-state index contributed by atoms with van der Waals surface area (Å²) >= 11 is 1.27. The van der Waals surface area contributed by atoms with E-state index in [2.05, 4.69) is 4.98 Å². The molecule has 118 valence electrons. The first-order valence-corrected chi connectivity index (χ1v) is 7.68. The second kappa shape index (κ2) is 6.74. The van der Waals surface area contributed by atoms with Crippen molar-refractivity contribution in [1.29, 1.82) is 0 Å². The van der Waals surface area contributed by atoms with Crippen molar-refractivity contribution >= 4 is 17.3 Å². The Morgan fingerprint density at radius 1 is 1.57 bits per heavy atom. The summed E-state index contributed by atoms with van der Waals surface area (Å²) in [5.41, 5.74) is 0.223. The van der Waals surface area contributed by atoms with Crippen molar-refractivity contribution < 1.29 is 22.7 Å². The van der Waals surface area contributed by atoms with E-state index in [-0.39, 0.29) is 25.3 Å². The number of ether oxygens (including phenoxy) is 1. The summed E-state index contributed by atoms with van der Waals surface area (Å²) in [5, 5.41) is 2.22. The summed E-state index contributed by atoms with van der Waals surface area (Å²) in [6.07, 6.45) is -3.43. The largest absolute Gasteiger partial charge is 0.461 e. The number of alkyl halides is 3. The number of hydrogen-bond acceptors (Lipinski definition) is 5. The van der Waals surface area contributed by atoms with Gasteiger partial charge in [-0.05, 0) is 26.3 Å². The van der Waals surface area contributed by atoms with Gasteiger partial charge in [-0.2, -0.15) is 13.2 Å². The van der Waals surface area contributed by atoms with Crippen LogP contribution in [-0.2, 0) is 11.3 Å². The summed E-state index contributed by atoms with van der Waals surface area (Å²) in [4.78, 5) is 17.4. The van der Waals surface area contributed by atoms with Crippen LogP contribution < -0.4 is 0 Å². The zero-order valence-corrected chi connectivity index (χ0v) is 12.5. The molecule has 1 aromatic heterocycles. The van der Waals surface area contributed by atoms with E-state index in [0.717, 1.165) is 0 Å². The molecule has 8 heteroatoms. The van der Waals surface area contributed by atoms with Gasteiger partial charge in [0, 0.05) is 11.9 Å². The van der Waals surface area contributed by atoms with Crippen LogP contribution in [0.5, 0.6) is 0 Å². The van der Waals surface area contributed by atoms with E-state index in [1.165, 1.54) is 11.3 Å². The average molecular weight is 322 g/mol. The van der Waals surface area contributed by atoms with Gasteiger partial charge in [-0.3, -0.25) is 4.90 Å². The third-order valence-electron chi connectivity index (χ3n) is 3.36. The number of esters is 1. The zero-order valence-electron chi connectivity index (χ0n) is 11.7. The Morgan fingerprint density at radius 2 is 2.33 bits per heavy atom. The molecule has 1 fully saturated rings. The smallest absolute Gasteiger partial charge is 0.393 e. The number of nitrogens with zero attached hydrogens (tertiary/aromatic N) is 2. The fraction of sp³-hybridized carbons (Fsp3) is 0.692. The molecular weight excluding hydrogens is 305 g/mol. The standard InChI is InChI=1S/C13H17F3N2O2S/c1-2-20-12(19)10-8-21-11(17-10)7-18-5-3-4-9(6-18)13(14,15)16/h8-9H,2-7H2,1H3. The maximum Gasteiger partial charge on any atom is 0.393 e. The van der Waals surface area contributed by atoms with Crippen LogP contribution in [0.3, 0.4) is 0 Å². The lowest BCUT2D eigenvalue weighted by Crippen LogP contribution is -2.41. The van der Waals surface area contributed by atoms with Gasteiger partial charge >= 0.3 is 12.1 Å². The lowest BCUT2D eigenvalue weighted by molar-refractivity contribution is -0.187. The molecule has 0 spiro atoms. The van der Waals surface area contributed by atoms with Crippen molar-refractivity contribution in [1.82, 2.24) is 9.88 Å². The van der Waals surface area contributed by atoms with Crippen molar-refractivity contribution in [3.8, 4) is 0 Å². The monoisotopic (exact) mass is 322 g/mol. The number of piperidine rings is 1. The minimum Gasteiger partial charge on any atom is -0.461 e. The molecule has 0 aliphatic carbocycles. The average Bonchev–Trinajstić information content (AvgIpc) is 2.87. The molecule has 21 heavy (non-hydrogen) atoms. The first-order valence-electron chi connectivity index (χ1n) is 6.80. The lowest BCUT2D eigenvalue weighted by atomic mass is 9.98. The molecule has 0 radical (unpaired) electrons. The maximum absolute atomic E-state index is 12.7. The third kappa shape index (κ3) is 4.41. The highest BCUT2D eigenvalue weighted by Gasteiger charge is 2.41. The molecule has 1 atom stereocenters. The SMILES string of the molecule is CCOC(=O)c1csc(CN2CCCC(C(F)(F)F)C2)n1. The first kappa shape index (κ1) is 16.2. The van der Waals surface area contributed by atoms with Crippen LogP contribution in [0.25, 0.3) is 0 Å². The number of halogens is 3. The molecule has 0 aromatic carbocycles. The second-order valence-electron chi connectivity index (χ2n) is 4.96. The van der Waals surface area contributed by atoms with Gasteiger partial charge in [0.25, 0.3) is 0 Å². The molecule has 4 nitrogen and oxygen atoms in total. The Labute approximate surface area is 124 Å². The molecule has 0 saturated carbocycles. The molecular formula is C13H17F3N2O2S. The van der Waals surface area contributed by atoms with Crippen molar-refractivity contribution in [2.45, 2.75) is 32.5 Å². The number of rotatable bonds is 4. The van der Waals surface area contributed by atoms with Gasteiger partial charge in [-0.1, -0.05) is 0 Å². The predicted molar refractivity (Wildman–Crippen MR) is 72.1 cm³/mol. The minimum atomic E-state index is -4.14. The summed E-state index contributed by atoms with van der Waals surface area (Å²) in [6.45, 7) is 2.94. The first-order chi connectivity index (χ1) is 9.90. The van der Waals surface area contributed by atoms with Gasteiger partial charge in [0.15, 0.2) is 5.69 Å². The lowest BCUT2D eigenvalue weighted by Gasteiger charge is -2.33. The summed E-state index contributed by atoms with van der Waals surface area (Å²) in [7, 11) is 0. The predicted octanol–water partition coefficient (Wildman–Crippen LogP) is 3.09. The van der Waals surface area contributed by atoms with E-state index in [1.54, 1.807) is 17.2 Å². The Balaban J connectivity index is 1.94. The summed E-state index contributed by atoms with van der Waals surface area (Å²) < 4.78 is 43.1. The van der Waals surface area contributed by atoms with E-state index >= 15 is 0 Å². The van der Waals surface area contributed by atoms with Crippen molar-refractivity contribution in [2.75, 3.05) is 19.7 Å². The molecule has 1 aliphatic rings. The van der Waals surface area contributed by atoms with E-state index < -0.39 is 18.1 Å². The highest BCUT2D eigenvalue weighted by molar-refractivity contribution is 7.09. The summed E-state index contributed by atoms with van der Waals surface area (Å²) in [6, 6.07) is 0. The Bertz CT molecular complexity index is 490. The Kier molecular flexibility index (Phi) is 5.21. The van der Waals surface area contributed by atoms with Crippen molar-refractivity contribution in [3.05, 3.63) is 16.1 Å². The van der Waals surface area contributed by atoms with Gasteiger partial charge in [-0.25, -0.2) is 9.78 Å². The molecule has 2 heterocycles. The number of likely N-dealkylation sites (tertiary alicyclic amines) is 1. The second-order valence-corrected chi connectivity index (χ2v) is 5.91. The van der Waals surface area contributed by atoms with Crippen LogP contribution in [0.15, 0.2) is 5.38 Å². The highest BCUT2D eigenvalue weighted by Crippen LogP contribution is 2.33. The van der Waals surface area contributed by atoms with E-state index in [1.807, 2.05) is 0 Å². The fourth-order valence-electron chi connectivity index (χ4n) is 2.34. The van der Waals surface area contributed by atoms with Gasteiger partial charge in [0.1, 0.15) is 5.01 Å². The molecule has 1 unspecified atom stereocenters. The van der Waals surface area contributed by atoms with Gasteiger partial charge < -0.3 is 4.74 Å². The minimum absolute atomic E-state index is 0.00216. The fourth-order valence-corrected chi connectivity index (χ4v) is 3.14. The third-order valence-corrected chi connectivity index (χ3v) is 4.20. The van der Waals surface area contributed by atoms with Crippen LogP contribution in [0.1, 0.15) is 35.3 Å². The zero-order chi connectivity index (χ0) is 15.5.